The Morgan fingerprint density at radius 1 is 1.07 bits per heavy atom. The van der Waals surface area contributed by atoms with Crippen LogP contribution in [-0.4, -0.2) is 52.4 Å². The van der Waals surface area contributed by atoms with E-state index in [4.69, 9.17) is 4.74 Å². The Hall–Kier alpha value is -2.47. The van der Waals surface area contributed by atoms with Gasteiger partial charge < -0.3 is 19.8 Å². The van der Waals surface area contributed by atoms with E-state index < -0.39 is 11.7 Å². The number of aliphatic hydroxyl groups is 2. The van der Waals surface area contributed by atoms with Crippen LogP contribution in [0.3, 0.4) is 0 Å². The highest BCUT2D eigenvalue weighted by Gasteiger charge is 2.34. The fourth-order valence-electron chi connectivity index (χ4n) is 4.07. The van der Waals surface area contributed by atoms with Gasteiger partial charge in [-0.1, -0.05) is 24.3 Å². The third kappa shape index (κ3) is 4.64. The van der Waals surface area contributed by atoms with Gasteiger partial charge in [-0.3, -0.25) is 4.98 Å². The Balaban J connectivity index is 1.30. The van der Waals surface area contributed by atoms with Gasteiger partial charge in [0.15, 0.2) is 0 Å². The number of hydrogen-bond acceptors (Lipinski definition) is 5. The number of aromatic nitrogens is 1. The Morgan fingerprint density at radius 2 is 1.83 bits per heavy atom. The second-order valence-electron chi connectivity index (χ2n) is 8.46. The lowest BCUT2D eigenvalue weighted by atomic mass is 9.84. The van der Waals surface area contributed by atoms with Crippen molar-refractivity contribution in [2.75, 3.05) is 26.2 Å². The molecule has 0 saturated carbocycles. The number of fused-ring (bicyclic) bond motifs is 1. The maximum atomic E-state index is 11.2. The van der Waals surface area contributed by atoms with Crippen LogP contribution >= 0.6 is 0 Å². The van der Waals surface area contributed by atoms with Gasteiger partial charge in [0.05, 0.1) is 11.1 Å². The van der Waals surface area contributed by atoms with Gasteiger partial charge in [0, 0.05) is 36.8 Å². The van der Waals surface area contributed by atoms with Gasteiger partial charge in [0.25, 0.3) is 0 Å². The number of nitrogens with zero attached hydrogens (tertiary/aromatic N) is 2. The van der Waals surface area contributed by atoms with E-state index in [1.165, 1.54) is 11.1 Å². The summed E-state index contributed by atoms with van der Waals surface area (Å²) in [6.45, 7) is 6.38. The number of β-amino-alcohol motifs (C(OH)–C–C–N with tert-alkyl or cyclic N) is 1. The number of piperidine rings is 1. The van der Waals surface area contributed by atoms with E-state index >= 15 is 0 Å². The number of aliphatic hydroxyl groups excluding tert-OH is 1. The number of rotatable bonds is 6. The van der Waals surface area contributed by atoms with E-state index in [0.29, 0.717) is 19.4 Å². The second kappa shape index (κ2) is 8.72. The summed E-state index contributed by atoms with van der Waals surface area (Å²) in [4.78, 5) is 6.70. The predicted molar refractivity (Wildman–Crippen MR) is 119 cm³/mol. The number of likely N-dealkylation sites (tertiary alicyclic amines) is 1. The Morgan fingerprint density at radius 3 is 2.60 bits per heavy atom. The average molecular weight is 407 g/mol. The summed E-state index contributed by atoms with van der Waals surface area (Å²) >= 11 is 0. The summed E-state index contributed by atoms with van der Waals surface area (Å²) in [7, 11) is 0. The summed E-state index contributed by atoms with van der Waals surface area (Å²) in [5.41, 5.74) is 3.36. The molecule has 2 aromatic carbocycles. The lowest BCUT2D eigenvalue weighted by Crippen LogP contribution is -2.46. The van der Waals surface area contributed by atoms with Crippen molar-refractivity contribution in [3.05, 3.63) is 71.4 Å². The highest BCUT2D eigenvalue weighted by Crippen LogP contribution is 2.33. The van der Waals surface area contributed by atoms with Crippen LogP contribution in [-0.2, 0) is 5.60 Å². The van der Waals surface area contributed by atoms with Gasteiger partial charge in [-0.25, -0.2) is 0 Å². The maximum Gasteiger partial charge on any atom is 0.119 e. The van der Waals surface area contributed by atoms with Crippen LogP contribution < -0.4 is 4.74 Å². The lowest BCUT2D eigenvalue weighted by molar-refractivity contribution is -0.0373. The zero-order valence-corrected chi connectivity index (χ0v) is 17.7. The summed E-state index contributed by atoms with van der Waals surface area (Å²) in [5.74, 6) is 0.786. The summed E-state index contributed by atoms with van der Waals surface area (Å²) < 4.78 is 5.76. The summed E-state index contributed by atoms with van der Waals surface area (Å²) in [6.07, 6.45) is 2.47. The van der Waals surface area contributed by atoms with E-state index in [1.54, 1.807) is 6.20 Å². The fourth-order valence-corrected chi connectivity index (χ4v) is 4.07. The minimum atomic E-state index is -0.867. The molecule has 0 radical (unpaired) electrons. The Bertz CT molecular complexity index is 1010. The van der Waals surface area contributed by atoms with Crippen LogP contribution in [0.25, 0.3) is 10.9 Å². The van der Waals surface area contributed by atoms with Crippen LogP contribution in [0.4, 0.5) is 0 Å². The minimum absolute atomic E-state index is 0.262. The van der Waals surface area contributed by atoms with Crippen molar-refractivity contribution >= 4 is 10.9 Å². The smallest absolute Gasteiger partial charge is 0.119 e. The molecule has 3 aromatic rings. The molecule has 1 aliphatic rings. The molecular weight excluding hydrogens is 376 g/mol. The van der Waals surface area contributed by atoms with E-state index in [2.05, 4.69) is 23.7 Å². The Labute approximate surface area is 177 Å². The van der Waals surface area contributed by atoms with Crippen molar-refractivity contribution in [3.8, 4) is 5.75 Å². The first-order valence-corrected chi connectivity index (χ1v) is 10.6. The van der Waals surface area contributed by atoms with Gasteiger partial charge in [0.2, 0.25) is 0 Å². The summed E-state index contributed by atoms with van der Waals surface area (Å²) in [5, 5.41) is 22.7. The van der Waals surface area contributed by atoms with Crippen molar-refractivity contribution in [3.63, 3.8) is 0 Å². The molecule has 5 heteroatoms. The van der Waals surface area contributed by atoms with Gasteiger partial charge in [-0.2, -0.15) is 0 Å². The number of pyridine rings is 1. The van der Waals surface area contributed by atoms with Crippen LogP contribution in [0.1, 0.15) is 29.5 Å². The number of ether oxygens (including phenoxy) is 1. The normalized spacial score (nSPS) is 17.7. The zero-order chi connectivity index (χ0) is 21.1. The zero-order valence-electron chi connectivity index (χ0n) is 17.7. The largest absolute Gasteiger partial charge is 0.491 e. The molecule has 158 valence electrons. The standard InChI is InChI=1S/C25H30N2O3/c1-18-7-8-23(13-19(18)2)30-17-22(28)16-27-11-9-25(29,10-12-27)21-14-20-5-3-4-6-24(20)26-15-21/h3-8,13-15,22,28-29H,9-12,16-17H2,1-2H3/t22-/m0/s1. The number of benzene rings is 2. The van der Waals surface area contributed by atoms with E-state index in [9.17, 15) is 10.2 Å². The topological polar surface area (TPSA) is 65.8 Å². The van der Waals surface area contributed by atoms with E-state index in [-0.39, 0.29) is 6.61 Å². The molecule has 0 bridgehead atoms. The maximum absolute atomic E-state index is 11.2. The number of hydrogen-bond donors (Lipinski definition) is 2. The first-order valence-electron chi connectivity index (χ1n) is 10.6. The second-order valence-corrected chi connectivity index (χ2v) is 8.46. The molecular formula is C25H30N2O3. The first kappa shape index (κ1) is 20.8. The fraction of sp³-hybridized carbons (Fsp3) is 0.400. The molecule has 0 aliphatic carbocycles. The molecule has 0 amide bonds. The third-order valence-electron chi connectivity index (χ3n) is 6.20. The summed E-state index contributed by atoms with van der Waals surface area (Å²) in [6, 6.07) is 16.0. The molecule has 2 N–H and O–H groups in total. The molecule has 5 nitrogen and oxygen atoms in total. The molecule has 0 spiro atoms. The number of aryl methyl sites for hydroxylation is 2. The molecule has 1 fully saturated rings. The van der Waals surface area contributed by atoms with Crippen molar-refractivity contribution in [2.45, 2.75) is 38.4 Å². The monoisotopic (exact) mass is 406 g/mol. The van der Waals surface area contributed by atoms with Crippen molar-refractivity contribution < 1.29 is 14.9 Å². The number of para-hydroxylation sites is 1. The van der Waals surface area contributed by atoms with Gasteiger partial charge in [-0.15, -0.1) is 0 Å². The van der Waals surface area contributed by atoms with Crippen molar-refractivity contribution in [2.24, 2.45) is 0 Å². The van der Waals surface area contributed by atoms with Crippen molar-refractivity contribution in [1.29, 1.82) is 0 Å². The Kier molecular flexibility index (Phi) is 6.04. The predicted octanol–water partition coefficient (Wildman–Crippen LogP) is 3.57. The highest BCUT2D eigenvalue weighted by molar-refractivity contribution is 5.78. The molecule has 1 aromatic heterocycles. The van der Waals surface area contributed by atoms with Gasteiger partial charge in [0.1, 0.15) is 18.5 Å². The minimum Gasteiger partial charge on any atom is -0.491 e. The first-order chi connectivity index (χ1) is 14.4. The van der Waals surface area contributed by atoms with Crippen molar-refractivity contribution in [1.82, 2.24) is 9.88 Å². The van der Waals surface area contributed by atoms with Crippen LogP contribution in [0.5, 0.6) is 5.75 Å². The lowest BCUT2D eigenvalue weighted by Gasteiger charge is -2.39. The van der Waals surface area contributed by atoms with E-state index in [0.717, 1.165) is 35.3 Å². The van der Waals surface area contributed by atoms with Crippen LogP contribution in [0.15, 0.2) is 54.7 Å². The third-order valence-corrected chi connectivity index (χ3v) is 6.20. The van der Waals surface area contributed by atoms with Gasteiger partial charge >= 0.3 is 0 Å². The molecule has 0 unspecified atom stereocenters. The molecule has 1 atom stereocenters. The molecule has 1 aliphatic heterocycles. The molecule has 4 rings (SSSR count). The quantitative estimate of drug-likeness (QED) is 0.655. The van der Waals surface area contributed by atoms with Crippen LogP contribution in [0, 0.1) is 13.8 Å². The molecule has 1 saturated heterocycles. The molecule has 2 heterocycles. The van der Waals surface area contributed by atoms with E-state index in [1.807, 2.05) is 48.5 Å². The average Bonchev–Trinajstić information content (AvgIpc) is 2.76. The van der Waals surface area contributed by atoms with Gasteiger partial charge in [-0.05, 0) is 62.1 Å². The molecule has 30 heavy (non-hydrogen) atoms. The SMILES string of the molecule is Cc1ccc(OC[C@@H](O)CN2CCC(O)(c3cnc4ccccc4c3)CC2)cc1C. The van der Waals surface area contributed by atoms with Crippen LogP contribution in [0.2, 0.25) is 0 Å². The highest BCUT2D eigenvalue weighted by atomic mass is 16.5.